The minimum absolute atomic E-state index is 0.151. The maximum absolute atomic E-state index is 12.9. The molecule has 2 atom stereocenters. The molecule has 0 N–H and O–H groups in total. The van der Waals surface area contributed by atoms with Crippen LogP contribution in [-0.4, -0.2) is 68.9 Å². The van der Waals surface area contributed by atoms with Crippen molar-refractivity contribution in [3.8, 4) is 17.5 Å². The normalized spacial score (nSPS) is 24.9. The lowest BCUT2D eigenvalue weighted by atomic mass is 9.86. The smallest absolute Gasteiger partial charge is 0.233 e. The third-order valence-electron chi connectivity index (χ3n) is 5.98. The molecule has 0 unspecified atom stereocenters. The zero-order chi connectivity index (χ0) is 19.5. The first kappa shape index (κ1) is 17.1. The van der Waals surface area contributed by atoms with Crippen LogP contribution in [0.4, 0.5) is 5.82 Å². The largest absolute Gasteiger partial charge is 0.379 e. The van der Waals surface area contributed by atoms with Gasteiger partial charge in [-0.15, -0.1) is 0 Å². The fourth-order valence-electron chi connectivity index (χ4n) is 4.40. The van der Waals surface area contributed by atoms with Crippen molar-refractivity contribution in [2.75, 3.05) is 31.2 Å². The van der Waals surface area contributed by atoms with E-state index in [2.05, 4.69) is 26.0 Å². The number of anilines is 1. The Hall–Kier alpha value is -2.99. The van der Waals surface area contributed by atoms with Gasteiger partial charge in [-0.1, -0.05) is 0 Å². The summed E-state index contributed by atoms with van der Waals surface area (Å²) in [4.78, 5) is 26.1. The van der Waals surface area contributed by atoms with Gasteiger partial charge in [0, 0.05) is 26.3 Å². The summed E-state index contributed by atoms with van der Waals surface area (Å²) in [5.74, 6) is 1.39. The highest BCUT2D eigenvalue weighted by molar-refractivity contribution is 5.84. The van der Waals surface area contributed by atoms with Gasteiger partial charge in [-0.05, 0) is 13.3 Å². The van der Waals surface area contributed by atoms with E-state index in [0.717, 1.165) is 12.0 Å². The Morgan fingerprint density at radius 2 is 2.14 bits per heavy atom. The number of ether oxygens (including phenoxy) is 1. The fraction of sp³-hybridized carbons (Fsp3) is 0.526. The SMILES string of the molecule is Cn1cc(-c2ncc(C#N)c(N3C[C@H]4C[C@H]3CN4C(=O)C3(C)COC3)n2)cn1. The van der Waals surface area contributed by atoms with E-state index in [9.17, 15) is 10.1 Å². The van der Waals surface area contributed by atoms with E-state index in [1.165, 1.54) is 0 Å². The molecule has 0 aromatic carbocycles. The van der Waals surface area contributed by atoms with Crippen molar-refractivity contribution in [3.05, 3.63) is 24.2 Å². The van der Waals surface area contributed by atoms with E-state index in [0.29, 0.717) is 43.5 Å². The zero-order valence-corrected chi connectivity index (χ0v) is 15.9. The Morgan fingerprint density at radius 1 is 1.32 bits per heavy atom. The first-order valence-electron chi connectivity index (χ1n) is 9.40. The van der Waals surface area contributed by atoms with Gasteiger partial charge in [0.1, 0.15) is 11.6 Å². The van der Waals surface area contributed by atoms with Crippen LogP contribution in [0.1, 0.15) is 18.9 Å². The van der Waals surface area contributed by atoms with Crippen molar-refractivity contribution in [2.24, 2.45) is 12.5 Å². The average Bonchev–Trinajstić information content (AvgIpc) is 3.40. The fourth-order valence-corrected chi connectivity index (χ4v) is 4.40. The molecule has 0 radical (unpaired) electrons. The number of aromatic nitrogens is 4. The van der Waals surface area contributed by atoms with Crippen LogP contribution in [0.25, 0.3) is 11.4 Å². The lowest BCUT2D eigenvalue weighted by Gasteiger charge is -2.43. The van der Waals surface area contributed by atoms with Crippen LogP contribution in [-0.2, 0) is 16.6 Å². The number of piperazine rings is 1. The van der Waals surface area contributed by atoms with Crippen LogP contribution in [0.5, 0.6) is 0 Å². The van der Waals surface area contributed by atoms with Crippen molar-refractivity contribution in [3.63, 3.8) is 0 Å². The molecule has 0 spiro atoms. The van der Waals surface area contributed by atoms with Gasteiger partial charge in [0.2, 0.25) is 5.91 Å². The summed E-state index contributed by atoms with van der Waals surface area (Å²) in [6.07, 6.45) is 6.04. The number of carbonyl (C=O) groups excluding carboxylic acids is 1. The molecule has 0 saturated carbocycles. The van der Waals surface area contributed by atoms with E-state index >= 15 is 0 Å². The Labute approximate surface area is 162 Å². The second-order valence-electron chi connectivity index (χ2n) is 8.15. The van der Waals surface area contributed by atoms with Crippen LogP contribution < -0.4 is 4.90 Å². The number of likely N-dealkylation sites (tertiary alicyclic amines) is 1. The average molecular weight is 379 g/mol. The van der Waals surface area contributed by atoms with Crippen molar-refractivity contribution in [1.82, 2.24) is 24.6 Å². The van der Waals surface area contributed by atoms with Crippen LogP contribution in [0, 0.1) is 16.7 Å². The summed E-state index contributed by atoms with van der Waals surface area (Å²) in [5.41, 5.74) is 0.889. The third-order valence-corrected chi connectivity index (χ3v) is 5.98. The number of nitriles is 1. The summed E-state index contributed by atoms with van der Waals surface area (Å²) in [6.45, 7) is 4.33. The first-order valence-corrected chi connectivity index (χ1v) is 9.40. The highest BCUT2D eigenvalue weighted by Gasteiger charge is 2.52. The van der Waals surface area contributed by atoms with Crippen LogP contribution >= 0.6 is 0 Å². The van der Waals surface area contributed by atoms with Crippen molar-refractivity contribution in [1.29, 1.82) is 5.26 Å². The van der Waals surface area contributed by atoms with Crippen molar-refractivity contribution < 1.29 is 9.53 Å². The lowest BCUT2D eigenvalue weighted by molar-refractivity contribution is -0.169. The second kappa shape index (κ2) is 6.01. The minimum atomic E-state index is -0.379. The van der Waals surface area contributed by atoms with Gasteiger partial charge in [0.25, 0.3) is 0 Å². The molecular formula is C19H21N7O2. The molecule has 3 fully saturated rings. The summed E-state index contributed by atoms with van der Waals surface area (Å²) >= 11 is 0. The predicted molar refractivity (Wildman–Crippen MR) is 99.1 cm³/mol. The Balaban J connectivity index is 1.41. The number of fused-ring (bicyclic) bond motifs is 2. The molecule has 9 heteroatoms. The van der Waals surface area contributed by atoms with E-state index in [1.807, 2.05) is 25.1 Å². The third kappa shape index (κ3) is 2.48. The molecule has 144 valence electrons. The summed E-state index contributed by atoms with van der Waals surface area (Å²) in [7, 11) is 1.84. The molecule has 3 aliphatic rings. The molecule has 0 aliphatic carbocycles. The maximum Gasteiger partial charge on any atom is 0.233 e. The number of hydrogen-bond donors (Lipinski definition) is 0. The number of rotatable bonds is 3. The Kier molecular flexibility index (Phi) is 3.67. The summed E-state index contributed by atoms with van der Waals surface area (Å²) in [6, 6.07) is 2.53. The summed E-state index contributed by atoms with van der Waals surface area (Å²) < 4.78 is 6.96. The minimum Gasteiger partial charge on any atom is -0.379 e. The maximum atomic E-state index is 12.9. The van der Waals surface area contributed by atoms with E-state index in [-0.39, 0.29) is 23.4 Å². The molecule has 5 heterocycles. The molecule has 2 aromatic rings. The second-order valence-corrected chi connectivity index (χ2v) is 8.15. The number of carbonyl (C=O) groups is 1. The van der Waals surface area contributed by atoms with E-state index < -0.39 is 0 Å². The molecular weight excluding hydrogens is 358 g/mol. The molecule has 3 saturated heterocycles. The molecule has 3 aliphatic heterocycles. The van der Waals surface area contributed by atoms with Gasteiger partial charge < -0.3 is 14.5 Å². The molecule has 5 rings (SSSR count). The van der Waals surface area contributed by atoms with Crippen LogP contribution in [0.2, 0.25) is 0 Å². The van der Waals surface area contributed by atoms with E-state index in [1.54, 1.807) is 17.1 Å². The van der Waals surface area contributed by atoms with Crippen molar-refractivity contribution in [2.45, 2.75) is 25.4 Å². The number of aryl methyl sites for hydroxylation is 1. The topological polar surface area (TPSA) is 100 Å². The molecule has 28 heavy (non-hydrogen) atoms. The quantitative estimate of drug-likeness (QED) is 0.769. The van der Waals surface area contributed by atoms with Crippen LogP contribution in [0.15, 0.2) is 18.6 Å². The molecule has 1 amide bonds. The van der Waals surface area contributed by atoms with Gasteiger partial charge in [-0.3, -0.25) is 9.48 Å². The monoisotopic (exact) mass is 379 g/mol. The highest BCUT2D eigenvalue weighted by Crippen LogP contribution is 2.39. The Bertz CT molecular complexity index is 990. The number of amides is 1. The lowest BCUT2D eigenvalue weighted by Crippen LogP contribution is -2.58. The van der Waals surface area contributed by atoms with Gasteiger partial charge in [-0.25, -0.2) is 9.97 Å². The zero-order valence-electron chi connectivity index (χ0n) is 15.9. The predicted octanol–water partition coefficient (Wildman–Crippen LogP) is 0.575. The standard InChI is InChI=1S/C19H21N7O2/c1-19(10-28-11-19)18(27)26-9-14-3-15(26)8-25(14)17-12(4-20)5-21-16(23-17)13-6-22-24(2)7-13/h5-7,14-15H,3,8-11H2,1-2H3/t14-,15+/m0/s1. The van der Waals surface area contributed by atoms with Gasteiger partial charge in [-0.2, -0.15) is 10.4 Å². The highest BCUT2D eigenvalue weighted by atomic mass is 16.5. The van der Waals surface area contributed by atoms with Gasteiger partial charge >= 0.3 is 0 Å². The number of nitrogens with zero attached hydrogens (tertiary/aromatic N) is 7. The van der Waals surface area contributed by atoms with Gasteiger partial charge in [0.15, 0.2) is 11.6 Å². The van der Waals surface area contributed by atoms with Crippen LogP contribution in [0.3, 0.4) is 0 Å². The Morgan fingerprint density at radius 3 is 2.71 bits per heavy atom. The molecule has 2 bridgehead atoms. The van der Waals surface area contributed by atoms with E-state index in [4.69, 9.17) is 4.74 Å². The molecule has 2 aromatic heterocycles. The number of hydrogen-bond acceptors (Lipinski definition) is 7. The molecule has 9 nitrogen and oxygen atoms in total. The van der Waals surface area contributed by atoms with Gasteiger partial charge in [0.05, 0.1) is 48.7 Å². The van der Waals surface area contributed by atoms with Crippen molar-refractivity contribution >= 4 is 11.7 Å². The first-order chi connectivity index (χ1) is 13.5. The summed E-state index contributed by atoms with van der Waals surface area (Å²) in [5, 5.41) is 13.7.